The smallest absolute Gasteiger partial charge is 0.101 e. The highest BCUT2D eigenvalue weighted by Crippen LogP contribution is 2.32. The number of hydrogen-bond donors (Lipinski definition) is 1. The van der Waals surface area contributed by atoms with Gasteiger partial charge in [0.25, 0.3) is 0 Å². The molecule has 5 heteroatoms. The molecule has 108 valence electrons. The largest absolute Gasteiger partial charge is 0.377 e. The first-order valence-corrected chi connectivity index (χ1v) is 7.59. The minimum absolute atomic E-state index is 0.0275. The SMILES string of the molecule is CCC(Nc1cc(Cl)ccc1C#N)c1ccc(Cl)cc1Cl. The maximum absolute atomic E-state index is 9.18. The Labute approximate surface area is 139 Å². The van der Waals surface area contributed by atoms with Crippen LogP contribution < -0.4 is 5.32 Å². The van der Waals surface area contributed by atoms with Gasteiger partial charge in [-0.15, -0.1) is 0 Å². The van der Waals surface area contributed by atoms with Crippen LogP contribution in [0.3, 0.4) is 0 Å². The van der Waals surface area contributed by atoms with Gasteiger partial charge in [-0.2, -0.15) is 5.26 Å². The molecule has 2 nitrogen and oxygen atoms in total. The van der Waals surface area contributed by atoms with Crippen LogP contribution >= 0.6 is 34.8 Å². The second-order valence-electron chi connectivity index (χ2n) is 4.57. The molecule has 2 rings (SSSR count). The van der Waals surface area contributed by atoms with Crippen LogP contribution in [0.15, 0.2) is 36.4 Å². The van der Waals surface area contributed by atoms with Crippen molar-refractivity contribution in [3.8, 4) is 6.07 Å². The Kier molecular flexibility index (Phi) is 5.36. The summed E-state index contributed by atoms with van der Waals surface area (Å²) in [6.07, 6.45) is 0.804. The zero-order valence-corrected chi connectivity index (χ0v) is 13.6. The summed E-state index contributed by atoms with van der Waals surface area (Å²) in [6, 6.07) is 12.7. The molecule has 0 aliphatic carbocycles. The van der Waals surface area contributed by atoms with Crippen molar-refractivity contribution in [3.05, 3.63) is 62.6 Å². The normalized spacial score (nSPS) is 11.8. The van der Waals surface area contributed by atoms with Crippen LogP contribution in [0, 0.1) is 11.3 Å². The molecule has 1 atom stereocenters. The van der Waals surface area contributed by atoms with E-state index in [1.54, 1.807) is 30.3 Å². The summed E-state index contributed by atoms with van der Waals surface area (Å²) in [5.41, 5.74) is 2.18. The van der Waals surface area contributed by atoms with Gasteiger partial charge in [0.05, 0.1) is 17.3 Å². The van der Waals surface area contributed by atoms with E-state index in [2.05, 4.69) is 11.4 Å². The average molecular weight is 340 g/mol. The van der Waals surface area contributed by atoms with Crippen LogP contribution in [-0.4, -0.2) is 0 Å². The van der Waals surface area contributed by atoms with E-state index in [0.29, 0.717) is 26.3 Å². The molecule has 0 aliphatic heterocycles. The zero-order chi connectivity index (χ0) is 15.4. The fourth-order valence-electron chi connectivity index (χ4n) is 2.10. The summed E-state index contributed by atoms with van der Waals surface area (Å²) >= 11 is 18.2. The van der Waals surface area contributed by atoms with Crippen molar-refractivity contribution in [1.29, 1.82) is 5.26 Å². The summed E-state index contributed by atoms with van der Waals surface area (Å²) in [5.74, 6) is 0. The maximum Gasteiger partial charge on any atom is 0.101 e. The summed E-state index contributed by atoms with van der Waals surface area (Å²) in [7, 11) is 0. The molecule has 0 spiro atoms. The first-order chi connectivity index (χ1) is 10.0. The Morgan fingerprint density at radius 3 is 2.38 bits per heavy atom. The Bertz CT molecular complexity index is 692. The van der Waals surface area contributed by atoms with Gasteiger partial charge in [-0.3, -0.25) is 0 Å². The number of rotatable bonds is 4. The predicted molar refractivity (Wildman–Crippen MR) is 89.3 cm³/mol. The summed E-state index contributed by atoms with van der Waals surface area (Å²) in [4.78, 5) is 0. The lowest BCUT2D eigenvalue weighted by atomic mass is 10.0. The van der Waals surface area contributed by atoms with Crippen LogP contribution in [0.25, 0.3) is 0 Å². The first-order valence-electron chi connectivity index (χ1n) is 6.46. The summed E-state index contributed by atoms with van der Waals surface area (Å²) < 4.78 is 0. The summed E-state index contributed by atoms with van der Waals surface area (Å²) in [5, 5.41) is 14.3. The molecule has 1 N–H and O–H groups in total. The standard InChI is InChI=1S/C16H13Cl3N2/c1-2-15(13-6-5-11(17)7-14(13)19)21-16-8-12(18)4-3-10(16)9-20/h3-8,15,21H,2H2,1H3. The first kappa shape index (κ1) is 16.0. The third kappa shape index (κ3) is 3.83. The maximum atomic E-state index is 9.18. The monoisotopic (exact) mass is 338 g/mol. The van der Waals surface area contributed by atoms with Crippen molar-refractivity contribution in [2.75, 3.05) is 5.32 Å². The molecule has 0 bridgehead atoms. The van der Waals surface area contributed by atoms with Crippen molar-refractivity contribution >= 4 is 40.5 Å². The highest BCUT2D eigenvalue weighted by atomic mass is 35.5. The van der Waals surface area contributed by atoms with Crippen molar-refractivity contribution in [2.24, 2.45) is 0 Å². The number of halogens is 3. The van der Waals surface area contributed by atoms with Crippen LogP contribution in [-0.2, 0) is 0 Å². The van der Waals surface area contributed by atoms with Crippen molar-refractivity contribution in [3.63, 3.8) is 0 Å². The van der Waals surface area contributed by atoms with Gasteiger partial charge in [-0.05, 0) is 42.3 Å². The fourth-order valence-corrected chi connectivity index (χ4v) is 2.82. The van der Waals surface area contributed by atoms with E-state index in [-0.39, 0.29) is 6.04 Å². The number of nitrogens with one attached hydrogen (secondary N) is 1. The molecule has 0 amide bonds. The molecule has 2 aromatic carbocycles. The fraction of sp³-hybridized carbons (Fsp3) is 0.188. The summed E-state index contributed by atoms with van der Waals surface area (Å²) in [6.45, 7) is 2.04. The molecule has 0 saturated carbocycles. The van der Waals surface area contributed by atoms with Gasteiger partial charge in [0.2, 0.25) is 0 Å². The molecular weight excluding hydrogens is 327 g/mol. The number of hydrogen-bond acceptors (Lipinski definition) is 2. The Balaban J connectivity index is 2.36. The van der Waals surface area contributed by atoms with E-state index in [9.17, 15) is 5.26 Å². The molecule has 2 aromatic rings. The Hall–Kier alpha value is -1.40. The molecule has 0 heterocycles. The quantitative estimate of drug-likeness (QED) is 0.732. The van der Waals surface area contributed by atoms with Crippen LogP contribution in [0.2, 0.25) is 15.1 Å². The molecule has 0 aromatic heterocycles. The average Bonchev–Trinajstić information content (AvgIpc) is 2.45. The molecule has 0 aliphatic rings. The predicted octanol–water partition coefficient (Wildman–Crippen LogP) is 6.08. The van der Waals surface area contributed by atoms with Gasteiger partial charge < -0.3 is 5.32 Å². The molecule has 0 fully saturated rings. The van der Waals surface area contributed by atoms with Crippen LogP contribution in [0.1, 0.15) is 30.5 Å². The van der Waals surface area contributed by atoms with Gasteiger partial charge in [0.15, 0.2) is 0 Å². The van der Waals surface area contributed by atoms with E-state index < -0.39 is 0 Å². The molecule has 0 saturated heterocycles. The van der Waals surface area contributed by atoms with Crippen molar-refractivity contribution < 1.29 is 0 Å². The van der Waals surface area contributed by atoms with Gasteiger partial charge in [0.1, 0.15) is 6.07 Å². The van der Waals surface area contributed by atoms with E-state index in [4.69, 9.17) is 34.8 Å². The lowest BCUT2D eigenvalue weighted by Crippen LogP contribution is -2.11. The lowest BCUT2D eigenvalue weighted by molar-refractivity contribution is 0.749. The third-order valence-electron chi connectivity index (χ3n) is 3.18. The molecular formula is C16H13Cl3N2. The molecule has 1 unspecified atom stereocenters. The third-order valence-corrected chi connectivity index (χ3v) is 3.98. The van der Waals surface area contributed by atoms with Gasteiger partial charge in [0, 0.05) is 15.1 Å². The minimum atomic E-state index is -0.0275. The van der Waals surface area contributed by atoms with Crippen LogP contribution in [0.5, 0.6) is 0 Å². The van der Waals surface area contributed by atoms with Crippen molar-refractivity contribution in [2.45, 2.75) is 19.4 Å². The highest BCUT2D eigenvalue weighted by Gasteiger charge is 2.15. The number of nitriles is 1. The highest BCUT2D eigenvalue weighted by molar-refractivity contribution is 6.35. The molecule has 0 radical (unpaired) electrons. The van der Waals surface area contributed by atoms with Gasteiger partial charge in [-0.25, -0.2) is 0 Å². The zero-order valence-electron chi connectivity index (χ0n) is 11.3. The van der Waals surface area contributed by atoms with E-state index >= 15 is 0 Å². The minimum Gasteiger partial charge on any atom is -0.377 e. The van der Waals surface area contributed by atoms with Crippen molar-refractivity contribution in [1.82, 2.24) is 0 Å². The van der Waals surface area contributed by atoms with Gasteiger partial charge in [-0.1, -0.05) is 47.8 Å². The van der Waals surface area contributed by atoms with Gasteiger partial charge >= 0.3 is 0 Å². The Morgan fingerprint density at radius 1 is 1.10 bits per heavy atom. The Morgan fingerprint density at radius 2 is 1.76 bits per heavy atom. The second kappa shape index (κ2) is 7.04. The number of benzene rings is 2. The molecule has 21 heavy (non-hydrogen) atoms. The van der Waals surface area contributed by atoms with E-state index in [0.717, 1.165) is 12.0 Å². The number of anilines is 1. The topological polar surface area (TPSA) is 35.8 Å². The van der Waals surface area contributed by atoms with E-state index in [1.165, 1.54) is 0 Å². The van der Waals surface area contributed by atoms with Crippen LogP contribution in [0.4, 0.5) is 5.69 Å². The second-order valence-corrected chi connectivity index (χ2v) is 5.85. The van der Waals surface area contributed by atoms with E-state index in [1.807, 2.05) is 13.0 Å². The number of nitrogens with zero attached hydrogens (tertiary/aromatic N) is 1. The lowest BCUT2D eigenvalue weighted by Gasteiger charge is -2.21.